The lowest BCUT2D eigenvalue weighted by Gasteiger charge is -2.45. The molecule has 1 saturated heterocycles. The number of ether oxygens (including phenoxy) is 1. The molecule has 0 aliphatic carbocycles. The molecular weight excluding hydrogens is 469 g/mol. The molecular formula is C28H35F3N2O3. The molecule has 2 atom stereocenters. The van der Waals surface area contributed by atoms with Crippen molar-refractivity contribution >= 4 is 12.0 Å². The number of likely N-dealkylation sites (N-methyl/N-ethyl adjacent to an activating group) is 1. The van der Waals surface area contributed by atoms with Crippen LogP contribution in [0, 0.1) is 24.4 Å². The molecule has 196 valence electrons. The highest BCUT2D eigenvalue weighted by molar-refractivity contribution is 5.87. The molecule has 1 aliphatic rings. The van der Waals surface area contributed by atoms with Crippen molar-refractivity contribution in [2.24, 2.45) is 0 Å². The summed E-state index contributed by atoms with van der Waals surface area (Å²) in [5, 5.41) is 0. The molecule has 0 spiro atoms. The molecule has 0 radical (unpaired) electrons. The molecule has 36 heavy (non-hydrogen) atoms. The van der Waals surface area contributed by atoms with Gasteiger partial charge in [0.25, 0.3) is 0 Å². The zero-order valence-corrected chi connectivity index (χ0v) is 22.0. The minimum atomic E-state index is -1.21. The number of nitrogens with zero attached hydrogens (tertiary/aromatic N) is 2. The molecule has 1 aliphatic heterocycles. The van der Waals surface area contributed by atoms with Crippen LogP contribution in [0.2, 0.25) is 0 Å². The largest absolute Gasteiger partial charge is 0.444 e. The Labute approximate surface area is 211 Å². The predicted octanol–water partition coefficient (Wildman–Crippen LogP) is 5.94. The summed E-state index contributed by atoms with van der Waals surface area (Å²) in [7, 11) is 1.67. The first-order valence-corrected chi connectivity index (χ1v) is 12.1. The lowest BCUT2D eigenvalue weighted by molar-refractivity contribution is -0.138. The summed E-state index contributed by atoms with van der Waals surface area (Å²) in [6, 6.07) is 7.26. The third-order valence-corrected chi connectivity index (χ3v) is 6.80. The van der Waals surface area contributed by atoms with Gasteiger partial charge >= 0.3 is 6.09 Å². The zero-order valence-electron chi connectivity index (χ0n) is 22.0. The molecule has 8 heteroatoms. The molecule has 2 aromatic rings. The summed E-state index contributed by atoms with van der Waals surface area (Å²) in [4.78, 5) is 29.8. The molecule has 2 amide bonds. The summed E-state index contributed by atoms with van der Waals surface area (Å²) in [6.07, 6.45) is 0.00609. The number of carbonyl (C=O) groups excluding carboxylic acids is 2. The number of amides is 2. The molecule has 0 bridgehead atoms. The van der Waals surface area contributed by atoms with Crippen LogP contribution in [0.5, 0.6) is 0 Å². The van der Waals surface area contributed by atoms with Gasteiger partial charge in [-0.05, 0) is 88.9 Å². The monoisotopic (exact) mass is 504 g/mol. The van der Waals surface area contributed by atoms with E-state index in [1.54, 1.807) is 64.5 Å². The first kappa shape index (κ1) is 27.6. The Morgan fingerprint density at radius 1 is 0.972 bits per heavy atom. The van der Waals surface area contributed by atoms with Gasteiger partial charge in [-0.2, -0.15) is 0 Å². The van der Waals surface area contributed by atoms with Crippen LogP contribution in [0.3, 0.4) is 0 Å². The van der Waals surface area contributed by atoms with Crippen molar-refractivity contribution in [2.45, 2.75) is 70.9 Å². The fourth-order valence-corrected chi connectivity index (χ4v) is 4.89. The molecule has 2 aromatic carbocycles. The van der Waals surface area contributed by atoms with E-state index in [1.807, 2.05) is 0 Å². The quantitative estimate of drug-likeness (QED) is 0.518. The minimum Gasteiger partial charge on any atom is -0.444 e. The van der Waals surface area contributed by atoms with E-state index in [0.29, 0.717) is 18.5 Å². The van der Waals surface area contributed by atoms with Gasteiger partial charge in [-0.1, -0.05) is 6.07 Å². The van der Waals surface area contributed by atoms with E-state index in [9.17, 15) is 22.8 Å². The van der Waals surface area contributed by atoms with Gasteiger partial charge in [0.15, 0.2) is 0 Å². The van der Waals surface area contributed by atoms with Gasteiger partial charge in [-0.3, -0.25) is 4.79 Å². The standard InChI is InChI=1S/C28H35F3N2O3/c1-17-12-19(29)8-9-22(17)23-16-33(26(35)36-27(2,3)4)11-10-24(23)32(7)25(34)28(5,6)18-13-20(30)15-21(31)14-18/h8-9,12-15,23-24H,10-11,16H2,1-7H3/t23-,24+/m1/s1. The van der Waals surface area contributed by atoms with Crippen molar-refractivity contribution in [3.05, 3.63) is 70.5 Å². The van der Waals surface area contributed by atoms with Crippen molar-refractivity contribution in [3.8, 4) is 0 Å². The number of rotatable bonds is 4. The maximum absolute atomic E-state index is 13.9. The maximum atomic E-state index is 13.9. The molecule has 0 unspecified atom stereocenters. The van der Waals surface area contributed by atoms with Crippen molar-refractivity contribution in [1.29, 1.82) is 0 Å². The molecule has 5 nitrogen and oxygen atoms in total. The Balaban J connectivity index is 1.95. The number of hydrogen-bond acceptors (Lipinski definition) is 3. The second-order valence-electron chi connectivity index (χ2n) is 11.1. The highest BCUT2D eigenvalue weighted by Crippen LogP contribution is 2.36. The molecule has 0 N–H and O–H groups in total. The van der Waals surface area contributed by atoms with Gasteiger partial charge in [-0.25, -0.2) is 18.0 Å². The van der Waals surface area contributed by atoms with Gasteiger partial charge < -0.3 is 14.5 Å². The van der Waals surface area contributed by atoms with Gasteiger partial charge in [0.05, 0.1) is 5.41 Å². The summed E-state index contributed by atoms with van der Waals surface area (Å²) in [5.41, 5.74) is -0.0981. The van der Waals surface area contributed by atoms with E-state index in [4.69, 9.17) is 4.74 Å². The molecule has 3 rings (SSSR count). The first-order chi connectivity index (χ1) is 16.6. The SMILES string of the molecule is Cc1cc(F)ccc1[C@H]1CN(C(=O)OC(C)(C)C)CC[C@@H]1N(C)C(=O)C(C)(C)c1cc(F)cc(F)c1. The number of piperidine rings is 1. The van der Waals surface area contributed by atoms with Gasteiger partial charge in [0.2, 0.25) is 5.91 Å². The summed E-state index contributed by atoms with van der Waals surface area (Å²) in [6.45, 7) is 11.1. The summed E-state index contributed by atoms with van der Waals surface area (Å²) >= 11 is 0. The summed E-state index contributed by atoms with van der Waals surface area (Å²) in [5.74, 6) is -2.50. The fraction of sp³-hybridized carbons (Fsp3) is 0.500. The third-order valence-electron chi connectivity index (χ3n) is 6.80. The lowest BCUT2D eigenvalue weighted by Crippen LogP contribution is -2.55. The Bertz CT molecular complexity index is 1120. The van der Waals surface area contributed by atoms with Crippen molar-refractivity contribution in [3.63, 3.8) is 0 Å². The van der Waals surface area contributed by atoms with Crippen LogP contribution >= 0.6 is 0 Å². The Morgan fingerprint density at radius 2 is 1.58 bits per heavy atom. The van der Waals surface area contributed by atoms with Gasteiger partial charge in [0, 0.05) is 38.2 Å². The lowest BCUT2D eigenvalue weighted by atomic mass is 9.79. The number of likely N-dealkylation sites (tertiary alicyclic amines) is 1. The average Bonchev–Trinajstić information content (AvgIpc) is 2.76. The highest BCUT2D eigenvalue weighted by atomic mass is 19.1. The third kappa shape index (κ3) is 6.02. The average molecular weight is 505 g/mol. The maximum Gasteiger partial charge on any atom is 0.410 e. The number of halogens is 3. The molecule has 0 saturated carbocycles. The van der Waals surface area contributed by atoms with Gasteiger partial charge in [0.1, 0.15) is 23.1 Å². The number of aryl methyl sites for hydroxylation is 1. The van der Waals surface area contributed by atoms with Crippen molar-refractivity contribution in [1.82, 2.24) is 9.80 Å². The van der Waals surface area contributed by atoms with Crippen LogP contribution in [0.15, 0.2) is 36.4 Å². The van der Waals surface area contributed by atoms with Crippen molar-refractivity contribution < 1.29 is 27.5 Å². The highest BCUT2D eigenvalue weighted by Gasteiger charge is 2.42. The number of carbonyl (C=O) groups is 2. The molecule has 1 heterocycles. The van der Waals surface area contributed by atoms with E-state index < -0.39 is 28.7 Å². The van der Waals surface area contributed by atoms with Crippen LogP contribution < -0.4 is 0 Å². The molecule has 0 aromatic heterocycles. The fourth-order valence-electron chi connectivity index (χ4n) is 4.89. The van der Waals surface area contributed by atoms with E-state index in [1.165, 1.54) is 24.3 Å². The second kappa shape index (κ2) is 10.1. The Hall–Kier alpha value is -3.03. The second-order valence-corrected chi connectivity index (χ2v) is 11.1. The van der Waals surface area contributed by atoms with Crippen LogP contribution in [-0.4, -0.2) is 53.6 Å². The van der Waals surface area contributed by atoms with E-state index in [2.05, 4.69) is 0 Å². The van der Waals surface area contributed by atoms with E-state index in [0.717, 1.165) is 11.6 Å². The Morgan fingerprint density at radius 3 is 2.14 bits per heavy atom. The van der Waals surface area contributed by atoms with Crippen LogP contribution in [0.25, 0.3) is 0 Å². The smallest absolute Gasteiger partial charge is 0.410 e. The van der Waals surface area contributed by atoms with E-state index >= 15 is 0 Å². The predicted molar refractivity (Wildman–Crippen MR) is 132 cm³/mol. The number of hydrogen-bond donors (Lipinski definition) is 0. The first-order valence-electron chi connectivity index (χ1n) is 12.1. The summed E-state index contributed by atoms with van der Waals surface area (Å²) < 4.78 is 47.3. The topological polar surface area (TPSA) is 49.9 Å². The van der Waals surface area contributed by atoms with E-state index in [-0.39, 0.29) is 35.8 Å². The number of benzene rings is 2. The van der Waals surface area contributed by atoms with Crippen LogP contribution in [-0.2, 0) is 14.9 Å². The van der Waals surface area contributed by atoms with Crippen molar-refractivity contribution in [2.75, 3.05) is 20.1 Å². The molecule has 1 fully saturated rings. The van der Waals surface area contributed by atoms with Crippen LogP contribution in [0.4, 0.5) is 18.0 Å². The normalized spacial score (nSPS) is 18.7. The zero-order chi connectivity index (χ0) is 27.0. The van der Waals surface area contributed by atoms with Gasteiger partial charge in [-0.15, -0.1) is 0 Å². The van der Waals surface area contributed by atoms with Crippen LogP contribution in [0.1, 0.15) is 63.6 Å². The minimum absolute atomic E-state index is 0.234. The Kier molecular flexibility index (Phi) is 7.77.